The molecule has 1 aromatic carbocycles. The minimum absolute atomic E-state index is 0.735. The zero-order valence-corrected chi connectivity index (χ0v) is 11.5. The summed E-state index contributed by atoms with van der Waals surface area (Å²) >= 11 is 7.73. The van der Waals surface area contributed by atoms with Gasteiger partial charge in [0.25, 0.3) is 0 Å². The molecule has 0 amide bonds. The summed E-state index contributed by atoms with van der Waals surface area (Å²) < 4.78 is 0. The van der Waals surface area contributed by atoms with Gasteiger partial charge in [0.05, 0.1) is 5.02 Å². The van der Waals surface area contributed by atoms with Crippen LogP contribution < -0.4 is 5.32 Å². The first-order valence-corrected chi connectivity index (χ1v) is 7.25. The first-order valence-electron chi connectivity index (χ1n) is 5.88. The number of thioether (sulfide) groups is 1. The Labute approximate surface area is 117 Å². The van der Waals surface area contributed by atoms with Gasteiger partial charge in [-0.05, 0) is 30.7 Å². The van der Waals surface area contributed by atoms with Crippen molar-refractivity contribution in [3.05, 3.63) is 53.7 Å². The van der Waals surface area contributed by atoms with Crippen LogP contribution in [0.5, 0.6) is 0 Å². The Morgan fingerprint density at radius 3 is 2.72 bits per heavy atom. The third kappa shape index (κ3) is 4.24. The Morgan fingerprint density at radius 1 is 1.11 bits per heavy atom. The normalized spacial score (nSPS) is 10.3. The third-order valence-electron chi connectivity index (χ3n) is 2.39. The van der Waals surface area contributed by atoms with Crippen molar-refractivity contribution in [2.45, 2.75) is 11.4 Å². The summed E-state index contributed by atoms with van der Waals surface area (Å²) in [7, 11) is 0. The number of hydrogen-bond acceptors (Lipinski definition) is 3. The summed E-state index contributed by atoms with van der Waals surface area (Å²) in [5.74, 6) is 1.01. The highest BCUT2D eigenvalue weighted by molar-refractivity contribution is 7.99. The van der Waals surface area contributed by atoms with Crippen LogP contribution in [-0.4, -0.2) is 17.3 Å². The van der Waals surface area contributed by atoms with Gasteiger partial charge in [-0.1, -0.05) is 29.8 Å². The number of para-hydroxylation sites is 1. The lowest BCUT2D eigenvalue weighted by atomic mass is 10.3. The fourth-order valence-corrected chi connectivity index (χ4v) is 2.62. The maximum Gasteiger partial charge on any atom is 0.115 e. The van der Waals surface area contributed by atoms with E-state index in [0.29, 0.717) is 0 Å². The van der Waals surface area contributed by atoms with E-state index in [0.717, 1.165) is 28.8 Å². The van der Waals surface area contributed by atoms with Gasteiger partial charge >= 0.3 is 0 Å². The van der Waals surface area contributed by atoms with Gasteiger partial charge in [-0.25, -0.2) is 4.98 Å². The second kappa shape index (κ2) is 7.29. The van der Waals surface area contributed by atoms with Gasteiger partial charge in [-0.3, -0.25) is 0 Å². The number of nitrogens with one attached hydrogen (secondary N) is 1. The number of pyridine rings is 1. The number of nitrogens with zero attached hydrogens (tertiary/aromatic N) is 1. The topological polar surface area (TPSA) is 24.9 Å². The van der Waals surface area contributed by atoms with Crippen molar-refractivity contribution >= 4 is 29.1 Å². The van der Waals surface area contributed by atoms with Crippen LogP contribution in [0.25, 0.3) is 0 Å². The molecule has 0 unspecified atom stereocenters. The number of rotatable bonds is 6. The summed E-state index contributed by atoms with van der Waals surface area (Å²) in [5, 5.41) is 5.03. The van der Waals surface area contributed by atoms with E-state index in [1.807, 2.05) is 30.3 Å². The molecule has 4 heteroatoms. The minimum atomic E-state index is 0.735. The minimum Gasteiger partial charge on any atom is -0.385 e. The molecule has 2 aromatic rings. The Kier molecular flexibility index (Phi) is 5.36. The zero-order valence-electron chi connectivity index (χ0n) is 9.97. The molecular formula is C14H15ClN2S. The fourth-order valence-electron chi connectivity index (χ4n) is 1.51. The molecule has 0 spiro atoms. The van der Waals surface area contributed by atoms with Crippen LogP contribution in [0.2, 0.25) is 5.02 Å². The van der Waals surface area contributed by atoms with E-state index in [-0.39, 0.29) is 0 Å². The quantitative estimate of drug-likeness (QED) is 0.629. The lowest BCUT2D eigenvalue weighted by molar-refractivity contribution is 0.987. The maximum absolute atomic E-state index is 6.03. The van der Waals surface area contributed by atoms with Crippen molar-refractivity contribution in [1.82, 2.24) is 4.98 Å². The Bertz CT molecular complexity index is 476. The molecule has 0 aliphatic carbocycles. The van der Waals surface area contributed by atoms with Crippen LogP contribution in [0.1, 0.15) is 6.42 Å². The molecular weight excluding hydrogens is 264 g/mol. The fraction of sp³-hybridized carbons (Fsp3) is 0.214. The second-order valence-corrected chi connectivity index (χ2v) is 5.28. The average Bonchev–Trinajstić information content (AvgIpc) is 2.42. The smallest absolute Gasteiger partial charge is 0.115 e. The lowest BCUT2D eigenvalue weighted by Crippen LogP contribution is -2.02. The lowest BCUT2D eigenvalue weighted by Gasteiger charge is -2.06. The highest BCUT2D eigenvalue weighted by Gasteiger charge is 2.00. The van der Waals surface area contributed by atoms with E-state index in [4.69, 9.17) is 11.6 Å². The van der Waals surface area contributed by atoms with Gasteiger partial charge in [0.15, 0.2) is 0 Å². The van der Waals surface area contributed by atoms with E-state index in [1.54, 1.807) is 18.0 Å². The predicted molar refractivity (Wildman–Crippen MR) is 79.5 cm³/mol. The van der Waals surface area contributed by atoms with Crippen LogP contribution in [0.3, 0.4) is 0 Å². The number of anilines is 1. The van der Waals surface area contributed by atoms with Crippen molar-refractivity contribution in [2.75, 3.05) is 17.6 Å². The Morgan fingerprint density at radius 2 is 1.94 bits per heavy atom. The zero-order chi connectivity index (χ0) is 12.6. The maximum atomic E-state index is 6.03. The molecule has 0 atom stereocenters. The van der Waals surface area contributed by atoms with E-state index in [2.05, 4.69) is 22.4 Å². The number of aromatic nitrogens is 1. The van der Waals surface area contributed by atoms with E-state index in [9.17, 15) is 0 Å². The highest BCUT2D eigenvalue weighted by Crippen LogP contribution is 2.24. The largest absolute Gasteiger partial charge is 0.385 e. The monoisotopic (exact) mass is 278 g/mol. The molecule has 0 aliphatic rings. The van der Waals surface area contributed by atoms with Crippen molar-refractivity contribution in [3.63, 3.8) is 0 Å². The number of benzene rings is 1. The molecule has 1 aromatic heterocycles. The molecule has 1 N–H and O–H groups in total. The van der Waals surface area contributed by atoms with Crippen LogP contribution in [0.15, 0.2) is 53.7 Å². The molecule has 1 heterocycles. The number of halogens is 1. The van der Waals surface area contributed by atoms with Gasteiger partial charge in [-0.2, -0.15) is 0 Å². The summed E-state index contributed by atoms with van der Waals surface area (Å²) in [5.41, 5.74) is 1.17. The van der Waals surface area contributed by atoms with Crippen LogP contribution in [0.4, 0.5) is 5.69 Å². The first kappa shape index (κ1) is 13.2. The third-order valence-corrected chi connectivity index (χ3v) is 3.90. The molecule has 0 saturated carbocycles. The van der Waals surface area contributed by atoms with Crippen LogP contribution >= 0.6 is 23.4 Å². The molecule has 0 radical (unpaired) electrons. The first-order chi connectivity index (χ1) is 8.86. The molecule has 2 nitrogen and oxygen atoms in total. The molecule has 0 bridgehead atoms. The molecule has 0 fully saturated rings. The Balaban J connectivity index is 1.66. The molecule has 18 heavy (non-hydrogen) atoms. The van der Waals surface area contributed by atoms with Gasteiger partial charge in [0.2, 0.25) is 0 Å². The summed E-state index contributed by atoms with van der Waals surface area (Å²) in [6.07, 6.45) is 2.85. The SMILES string of the molecule is Clc1cccnc1SCCCNc1ccccc1. The highest BCUT2D eigenvalue weighted by atomic mass is 35.5. The summed E-state index contributed by atoms with van der Waals surface area (Å²) in [6, 6.07) is 14.0. The van der Waals surface area contributed by atoms with Crippen molar-refractivity contribution in [3.8, 4) is 0 Å². The van der Waals surface area contributed by atoms with Crippen LogP contribution in [0, 0.1) is 0 Å². The van der Waals surface area contributed by atoms with E-state index < -0.39 is 0 Å². The number of hydrogen-bond donors (Lipinski definition) is 1. The predicted octanol–water partition coefficient (Wildman–Crippen LogP) is 4.33. The molecule has 0 aliphatic heterocycles. The van der Waals surface area contributed by atoms with Gasteiger partial charge in [0, 0.05) is 24.2 Å². The van der Waals surface area contributed by atoms with E-state index >= 15 is 0 Å². The van der Waals surface area contributed by atoms with Crippen molar-refractivity contribution in [1.29, 1.82) is 0 Å². The average molecular weight is 279 g/mol. The molecule has 0 saturated heterocycles. The van der Waals surface area contributed by atoms with E-state index in [1.165, 1.54) is 5.69 Å². The van der Waals surface area contributed by atoms with Crippen molar-refractivity contribution in [2.24, 2.45) is 0 Å². The molecule has 94 valence electrons. The second-order valence-electron chi connectivity index (χ2n) is 3.79. The van der Waals surface area contributed by atoms with Gasteiger partial charge in [0.1, 0.15) is 5.03 Å². The summed E-state index contributed by atoms with van der Waals surface area (Å²) in [4.78, 5) is 4.24. The summed E-state index contributed by atoms with van der Waals surface area (Å²) in [6.45, 7) is 0.960. The molecule has 2 rings (SSSR count). The van der Waals surface area contributed by atoms with Gasteiger partial charge in [-0.15, -0.1) is 11.8 Å². The van der Waals surface area contributed by atoms with Gasteiger partial charge < -0.3 is 5.32 Å². The van der Waals surface area contributed by atoms with Crippen LogP contribution in [-0.2, 0) is 0 Å². The standard InChI is InChI=1S/C14H15ClN2S/c15-13-8-4-9-17-14(13)18-11-5-10-16-12-6-2-1-3-7-12/h1-4,6-9,16H,5,10-11H2. The van der Waals surface area contributed by atoms with Crippen molar-refractivity contribution < 1.29 is 0 Å². The Hall–Kier alpha value is -1.19.